The lowest BCUT2D eigenvalue weighted by Gasteiger charge is -2.22. The summed E-state index contributed by atoms with van der Waals surface area (Å²) in [6.07, 6.45) is 5.74. The molecule has 1 aromatic rings. The summed E-state index contributed by atoms with van der Waals surface area (Å²) in [7, 11) is -3.60. The Kier molecular flexibility index (Phi) is 5.70. The highest BCUT2D eigenvalue weighted by molar-refractivity contribution is 7.89. The highest BCUT2D eigenvalue weighted by atomic mass is 32.2. The average molecular weight is 309 g/mol. The van der Waals surface area contributed by atoms with Crippen LogP contribution >= 0.6 is 0 Å². The molecule has 1 fully saturated rings. The number of nitrogens with two attached hydrogens (primary N) is 1. The molecule has 3 N–H and O–H groups in total. The lowest BCUT2D eigenvalue weighted by molar-refractivity contribution is 0.0200. The molecule has 1 aromatic heterocycles. The van der Waals surface area contributed by atoms with Crippen molar-refractivity contribution < 1.29 is 13.2 Å². The van der Waals surface area contributed by atoms with Crippen LogP contribution in [0.15, 0.2) is 23.4 Å². The number of nitrogens with one attached hydrogen (secondary N) is 1. The summed E-state index contributed by atoms with van der Waals surface area (Å²) in [6.45, 7) is 1.19. The normalized spacial score (nSPS) is 18.8. The number of hydrogen-bond donors (Lipinski definition) is 2. The molecule has 0 bridgehead atoms. The van der Waals surface area contributed by atoms with Gasteiger partial charge in [-0.25, -0.2) is 13.1 Å². The first kappa shape index (κ1) is 15.9. The third-order valence-corrected chi connectivity index (χ3v) is 4.52. The SMILES string of the molecule is NCC#Cc1cncc(S(=O)(=O)NCC2CCCCO2)c1. The minimum Gasteiger partial charge on any atom is -0.377 e. The number of hydrogen-bond acceptors (Lipinski definition) is 5. The Hall–Kier alpha value is -1.46. The fraction of sp³-hybridized carbons (Fsp3) is 0.500. The van der Waals surface area contributed by atoms with Crippen molar-refractivity contribution in [2.24, 2.45) is 5.73 Å². The minimum absolute atomic E-state index is 0.0540. The van der Waals surface area contributed by atoms with Crippen molar-refractivity contribution in [2.45, 2.75) is 30.3 Å². The van der Waals surface area contributed by atoms with Crippen molar-refractivity contribution >= 4 is 10.0 Å². The van der Waals surface area contributed by atoms with Crippen molar-refractivity contribution in [3.8, 4) is 11.8 Å². The summed E-state index contributed by atoms with van der Waals surface area (Å²) in [5, 5.41) is 0. The molecule has 114 valence electrons. The average Bonchev–Trinajstić information content (AvgIpc) is 2.52. The van der Waals surface area contributed by atoms with Crippen LogP contribution in [0.5, 0.6) is 0 Å². The summed E-state index contributed by atoms with van der Waals surface area (Å²) in [6, 6.07) is 1.49. The number of ether oxygens (including phenoxy) is 1. The molecule has 2 heterocycles. The second-order valence-corrected chi connectivity index (χ2v) is 6.52. The maximum absolute atomic E-state index is 12.2. The maximum Gasteiger partial charge on any atom is 0.242 e. The first-order valence-corrected chi connectivity index (χ1v) is 8.35. The van der Waals surface area contributed by atoms with Crippen LogP contribution < -0.4 is 10.5 Å². The van der Waals surface area contributed by atoms with E-state index in [9.17, 15) is 8.42 Å². The van der Waals surface area contributed by atoms with Gasteiger partial charge in [-0.05, 0) is 25.3 Å². The Morgan fingerprint density at radius 2 is 2.29 bits per heavy atom. The topological polar surface area (TPSA) is 94.3 Å². The van der Waals surface area contributed by atoms with Gasteiger partial charge in [0, 0.05) is 31.1 Å². The molecular formula is C14H19N3O3S. The molecule has 0 aliphatic carbocycles. The Balaban J connectivity index is 2.04. The van der Waals surface area contributed by atoms with E-state index in [0.717, 1.165) is 19.3 Å². The van der Waals surface area contributed by atoms with Crippen LogP contribution in [0.4, 0.5) is 0 Å². The number of sulfonamides is 1. The quantitative estimate of drug-likeness (QED) is 0.777. The molecule has 0 aromatic carbocycles. The van der Waals surface area contributed by atoms with Crippen LogP contribution in [-0.2, 0) is 14.8 Å². The molecular weight excluding hydrogens is 290 g/mol. The molecule has 0 spiro atoms. The number of aromatic nitrogens is 1. The lowest BCUT2D eigenvalue weighted by Crippen LogP contribution is -2.35. The largest absolute Gasteiger partial charge is 0.377 e. The molecule has 1 unspecified atom stereocenters. The second-order valence-electron chi connectivity index (χ2n) is 4.76. The van der Waals surface area contributed by atoms with Gasteiger partial charge in [-0.15, -0.1) is 0 Å². The summed E-state index contributed by atoms with van der Waals surface area (Å²) >= 11 is 0. The second kappa shape index (κ2) is 7.52. The molecule has 21 heavy (non-hydrogen) atoms. The van der Waals surface area contributed by atoms with E-state index in [0.29, 0.717) is 12.2 Å². The lowest BCUT2D eigenvalue weighted by atomic mass is 10.1. The fourth-order valence-electron chi connectivity index (χ4n) is 2.04. The van der Waals surface area contributed by atoms with E-state index < -0.39 is 10.0 Å². The van der Waals surface area contributed by atoms with Gasteiger partial charge in [-0.2, -0.15) is 0 Å². The van der Waals surface area contributed by atoms with E-state index in [2.05, 4.69) is 21.5 Å². The van der Waals surface area contributed by atoms with Gasteiger partial charge in [0.2, 0.25) is 10.0 Å². The van der Waals surface area contributed by atoms with Crippen molar-refractivity contribution in [3.05, 3.63) is 24.0 Å². The van der Waals surface area contributed by atoms with E-state index in [1.165, 1.54) is 18.5 Å². The van der Waals surface area contributed by atoms with Crippen molar-refractivity contribution in [3.63, 3.8) is 0 Å². The molecule has 2 rings (SSSR count). The van der Waals surface area contributed by atoms with E-state index in [1.54, 1.807) is 0 Å². The smallest absolute Gasteiger partial charge is 0.242 e. The van der Waals surface area contributed by atoms with Crippen LogP contribution in [0.1, 0.15) is 24.8 Å². The van der Waals surface area contributed by atoms with Gasteiger partial charge in [0.25, 0.3) is 0 Å². The number of rotatable bonds is 4. The molecule has 0 radical (unpaired) electrons. The molecule has 0 saturated carbocycles. The Labute approximate surface area is 125 Å². The fourth-order valence-corrected chi connectivity index (χ4v) is 3.10. The third-order valence-electron chi connectivity index (χ3n) is 3.13. The number of nitrogens with zero attached hydrogens (tertiary/aromatic N) is 1. The zero-order valence-corrected chi connectivity index (χ0v) is 12.5. The van der Waals surface area contributed by atoms with E-state index in [-0.39, 0.29) is 24.1 Å². The van der Waals surface area contributed by atoms with Crippen LogP contribution in [0.2, 0.25) is 0 Å². The molecule has 1 aliphatic heterocycles. The molecule has 1 atom stereocenters. The molecule has 6 nitrogen and oxygen atoms in total. The van der Waals surface area contributed by atoms with Crippen molar-refractivity contribution in [2.75, 3.05) is 19.7 Å². The highest BCUT2D eigenvalue weighted by Gasteiger charge is 2.19. The van der Waals surface area contributed by atoms with Gasteiger partial charge >= 0.3 is 0 Å². The van der Waals surface area contributed by atoms with Crippen LogP contribution in [-0.4, -0.2) is 39.2 Å². The van der Waals surface area contributed by atoms with Gasteiger partial charge < -0.3 is 10.5 Å². The van der Waals surface area contributed by atoms with Crippen LogP contribution in [0.25, 0.3) is 0 Å². The van der Waals surface area contributed by atoms with E-state index in [1.807, 2.05) is 0 Å². The summed E-state index contributed by atoms with van der Waals surface area (Å²) in [5.41, 5.74) is 5.82. The Morgan fingerprint density at radius 3 is 3.00 bits per heavy atom. The van der Waals surface area contributed by atoms with Crippen LogP contribution in [0, 0.1) is 11.8 Å². The van der Waals surface area contributed by atoms with Gasteiger partial charge in [-0.3, -0.25) is 4.98 Å². The highest BCUT2D eigenvalue weighted by Crippen LogP contribution is 2.13. The van der Waals surface area contributed by atoms with Crippen LogP contribution in [0.3, 0.4) is 0 Å². The molecule has 7 heteroatoms. The molecule has 1 saturated heterocycles. The van der Waals surface area contributed by atoms with Gasteiger partial charge in [0.15, 0.2) is 0 Å². The van der Waals surface area contributed by atoms with Gasteiger partial charge in [-0.1, -0.05) is 11.8 Å². The predicted molar refractivity (Wildman–Crippen MR) is 78.9 cm³/mol. The first-order valence-electron chi connectivity index (χ1n) is 6.87. The van der Waals surface area contributed by atoms with Gasteiger partial charge in [0.05, 0.1) is 12.6 Å². The van der Waals surface area contributed by atoms with Crippen molar-refractivity contribution in [1.29, 1.82) is 0 Å². The Bertz CT molecular complexity index is 628. The van der Waals surface area contributed by atoms with E-state index in [4.69, 9.17) is 10.5 Å². The third kappa shape index (κ3) is 4.79. The monoisotopic (exact) mass is 309 g/mol. The van der Waals surface area contributed by atoms with Gasteiger partial charge in [0.1, 0.15) is 4.90 Å². The van der Waals surface area contributed by atoms with E-state index >= 15 is 0 Å². The van der Waals surface area contributed by atoms with Crippen molar-refractivity contribution in [1.82, 2.24) is 9.71 Å². The summed E-state index contributed by atoms with van der Waals surface area (Å²) < 4.78 is 32.5. The molecule has 1 aliphatic rings. The minimum atomic E-state index is -3.60. The molecule has 0 amide bonds. The number of pyridine rings is 1. The maximum atomic E-state index is 12.2. The first-order chi connectivity index (χ1) is 10.1. The zero-order chi connectivity index (χ0) is 15.1. The summed E-state index contributed by atoms with van der Waals surface area (Å²) in [4.78, 5) is 4.00. The predicted octanol–water partition coefficient (Wildman–Crippen LogP) is 0.239. The summed E-state index contributed by atoms with van der Waals surface area (Å²) in [5.74, 6) is 5.44. The standard InChI is InChI=1S/C14H19N3O3S/c15-6-3-4-12-8-14(11-16-9-12)21(18,19)17-10-13-5-1-2-7-20-13/h8-9,11,13,17H,1-2,5-7,10,15H2. The zero-order valence-electron chi connectivity index (χ0n) is 11.7. The Morgan fingerprint density at radius 1 is 1.43 bits per heavy atom.